The number of hydrogen-bond donors (Lipinski definition) is 1. The van der Waals surface area contributed by atoms with Gasteiger partial charge in [-0.3, -0.25) is 4.90 Å². The summed E-state index contributed by atoms with van der Waals surface area (Å²) in [5.41, 5.74) is 0. The Bertz CT molecular complexity index is 297. The Kier molecular flexibility index (Phi) is 5.88. The minimum Gasteiger partial charge on any atom is -0.376 e. The number of nitrogens with one attached hydrogen (secondary N) is 1. The van der Waals surface area contributed by atoms with Gasteiger partial charge in [0.15, 0.2) is 0 Å². The normalized spacial score (nSPS) is 43.6. The summed E-state index contributed by atoms with van der Waals surface area (Å²) in [5, 5.41) is 3.75. The van der Waals surface area contributed by atoms with Gasteiger partial charge in [-0.05, 0) is 51.0 Å². The van der Waals surface area contributed by atoms with Crippen molar-refractivity contribution in [2.24, 2.45) is 17.8 Å². The van der Waals surface area contributed by atoms with Crippen molar-refractivity contribution in [1.82, 2.24) is 10.2 Å². The van der Waals surface area contributed by atoms with Crippen molar-refractivity contribution in [3.63, 3.8) is 0 Å². The number of morpholine rings is 1. The summed E-state index contributed by atoms with van der Waals surface area (Å²) in [7, 11) is 0. The first-order valence-electron chi connectivity index (χ1n) is 8.60. The smallest absolute Gasteiger partial charge is 0.0674 e. The van der Waals surface area contributed by atoms with E-state index in [9.17, 15) is 0 Å². The quantitative estimate of drug-likeness (QED) is 0.858. The molecule has 1 aliphatic heterocycles. The predicted molar refractivity (Wildman–Crippen MR) is 85.0 cm³/mol. The molecule has 0 radical (unpaired) electrons. The lowest BCUT2D eigenvalue weighted by atomic mass is 9.72. The molecule has 0 spiro atoms. The van der Waals surface area contributed by atoms with Crippen LogP contribution in [0.2, 0.25) is 0 Å². The second kappa shape index (κ2) is 7.24. The molecule has 0 bridgehead atoms. The molecule has 0 aromatic rings. The average molecular weight is 282 g/mol. The third kappa shape index (κ3) is 3.96. The molecular formula is C17H34N2O. The molecule has 1 saturated heterocycles. The summed E-state index contributed by atoms with van der Waals surface area (Å²) in [6.07, 6.45) is 3.12. The SMILES string of the molecule is CCNC1CC(C)CC(C)C1CN1CC(C)OCC1C. The van der Waals surface area contributed by atoms with Gasteiger partial charge in [-0.2, -0.15) is 0 Å². The first-order chi connectivity index (χ1) is 9.51. The van der Waals surface area contributed by atoms with Gasteiger partial charge in [-0.15, -0.1) is 0 Å². The Labute approximate surface area is 125 Å². The lowest BCUT2D eigenvalue weighted by Crippen LogP contribution is -2.54. The van der Waals surface area contributed by atoms with Gasteiger partial charge in [0.2, 0.25) is 0 Å². The highest BCUT2D eigenvalue weighted by molar-refractivity contribution is 4.90. The standard InChI is InChI=1S/C17H34N2O/c1-6-18-17-8-12(2)7-13(3)16(17)10-19-9-15(5)20-11-14(19)4/h12-18H,6-11H2,1-5H3. The summed E-state index contributed by atoms with van der Waals surface area (Å²) in [6.45, 7) is 15.9. The van der Waals surface area contributed by atoms with Gasteiger partial charge >= 0.3 is 0 Å². The molecule has 1 N–H and O–H groups in total. The van der Waals surface area contributed by atoms with E-state index in [1.165, 1.54) is 19.4 Å². The Morgan fingerprint density at radius 3 is 2.60 bits per heavy atom. The molecule has 0 amide bonds. The number of hydrogen-bond acceptors (Lipinski definition) is 3. The lowest BCUT2D eigenvalue weighted by molar-refractivity contribution is -0.0617. The summed E-state index contributed by atoms with van der Waals surface area (Å²) in [4.78, 5) is 2.66. The molecule has 6 unspecified atom stereocenters. The summed E-state index contributed by atoms with van der Waals surface area (Å²) < 4.78 is 5.77. The van der Waals surface area contributed by atoms with Crippen molar-refractivity contribution in [3.05, 3.63) is 0 Å². The highest BCUT2D eigenvalue weighted by Gasteiger charge is 2.36. The van der Waals surface area contributed by atoms with Crippen molar-refractivity contribution in [1.29, 1.82) is 0 Å². The second-order valence-corrected chi connectivity index (χ2v) is 7.33. The van der Waals surface area contributed by atoms with Gasteiger partial charge in [-0.25, -0.2) is 0 Å². The van der Waals surface area contributed by atoms with E-state index < -0.39 is 0 Å². The minimum absolute atomic E-state index is 0.390. The molecule has 118 valence electrons. The first kappa shape index (κ1) is 16.3. The topological polar surface area (TPSA) is 24.5 Å². The van der Waals surface area contributed by atoms with E-state index in [1.807, 2.05) is 0 Å². The average Bonchev–Trinajstić information content (AvgIpc) is 2.38. The maximum absolute atomic E-state index is 5.77. The van der Waals surface area contributed by atoms with Gasteiger partial charge in [0.25, 0.3) is 0 Å². The fraction of sp³-hybridized carbons (Fsp3) is 1.00. The monoisotopic (exact) mass is 282 g/mol. The first-order valence-corrected chi connectivity index (χ1v) is 8.60. The van der Waals surface area contributed by atoms with E-state index in [-0.39, 0.29) is 0 Å². The van der Waals surface area contributed by atoms with Crippen LogP contribution in [0.4, 0.5) is 0 Å². The maximum atomic E-state index is 5.77. The van der Waals surface area contributed by atoms with E-state index in [4.69, 9.17) is 4.74 Å². The zero-order valence-electron chi connectivity index (χ0n) is 14.1. The van der Waals surface area contributed by atoms with Crippen LogP contribution in [0.3, 0.4) is 0 Å². The molecule has 2 aliphatic rings. The number of rotatable bonds is 4. The van der Waals surface area contributed by atoms with Crippen LogP contribution in [0.5, 0.6) is 0 Å². The third-order valence-electron chi connectivity index (χ3n) is 5.33. The molecule has 3 heteroatoms. The summed E-state index contributed by atoms with van der Waals surface area (Å²) in [5.74, 6) is 2.48. The van der Waals surface area contributed by atoms with Crippen LogP contribution in [0.1, 0.15) is 47.5 Å². The Morgan fingerprint density at radius 2 is 1.90 bits per heavy atom. The van der Waals surface area contributed by atoms with E-state index >= 15 is 0 Å². The predicted octanol–water partition coefficient (Wildman–Crippen LogP) is 2.76. The fourth-order valence-electron chi connectivity index (χ4n) is 4.21. The van der Waals surface area contributed by atoms with Crippen LogP contribution in [0.25, 0.3) is 0 Å². The van der Waals surface area contributed by atoms with Crippen LogP contribution in [-0.2, 0) is 4.74 Å². The Morgan fingerprint density at radius 1 is 1.15 bits per heavy atom. The summed E-state index contributed by atoms with van der Waals surface area (Å²) >= 11 is 0. The highest BCUT2D eigenvalue weighted by Crippen LogP contribution is 2.35. The number of ether oxygens (including phenoxy) is 1. The van der Waals surface area contributed by atoms with Crippen LogP contribution < -0.4 is 5.32 Å². The zero-order chi connectivity index (χ0) is 14.7. The molecular weight excluding hydrogens is 248 g/mol. The fourth-order valence-corrected chi connectivity index (χ4v) is 4.21. The third-order valence-corrected chi connectivity index (χ3v) is 5.33. The molecule has 6 atom stereocenters. The van der Waals surface area contributed by atoms with Crippen molar-refractivity contribution in [2.75, 3.05) is 26.2 Å². The van der Waals surface area contributed by atoms with Crippen molar-refractivity contribution >= 4 is 0 Å². The second-order valence-electron chi connectivity index (χ2n) is 7.33. The van der Waals surface area contributed by atoms with Crippen LogP contribution in [0, 0.1) is 17.8 Å². The molecule has 1 aliphatic carbocycles. The lowest BCUT2D eigenvalue weighted by Gasteiger charge is -2.45. The zero-order valence-corrected chi connectivity index (χ0v) is 14.1. The Hall–Kier alpha value is -0.120. The molecule has 2 fully saturated rings. The van der Waals surface area contributed by atoms with Crippen LogP contribution in [0.15, 0.2) is 0 Å². The largest absolute Gasteiger partial charge is 0.376 e. The number of nitrogens with zero attached hydrogens (tertiary/aromatic N) is 1. The van der Waals surface area contributed by atoms with Gasteiger partial charge in [0, 0.05) is 25.2 Å². The maximum Gasteiger partial charge on any atom is 0.0674 e. The molecule has 20 heavy (non-hydrogen) atoms. The Balaban J connectivity index is 2.00. The van der Waals surface area contributed by atoms with E-state index in [2.05, 4.69) is 44.8 Å². The van der Waals surface area contributed by atoms with Crippen LogP contribution >= 0.6 is 0 Å². The van der Waals surface area contributed by atoms with E-state index in [0.717, 1.165) is 37.5 Å². The minimum atomic E-state index is 0.390. The van der Waals surface area contributed by atoms with Gasteiger partial charge in [0.05, 0.1) is 12.7 Å². The van der Waals surface area contributed by atoms with E-state index in [0.29, 0.717) is 18.2 Å². The summed E-state index contributed by atoms with van der Waals surface area (Å²) in [6, 6.07) is 1.27. The molecule has 1 saturated carbocycles. The van der Waals surface area contributed by atoms with Gasteiger partial charge in [-0.1, -0.05) is 20.8 Å². The van der Waals surface area contributed by atoms with Crippen molar-refractivity contribution < 1.29 is 4.74 Å². The molecule has 2 rings (SSSR count). The van der Waals surface area contributed by atoms with Crippen molar-refractivity contribution in [2.45, 2.75) is 65.6 Å². The molecule has 0 aromatic heterocycles. The van der Waals surface area contributed by atoms with Crippen LogP contribution in [-0.4, -0.2) is 49.3 Å². The highest BCUT2D eigenvalue weighted by atomic mass is 16.5. The molecule has 3 nitrogen and oxygen atoms in total. The molecule has 1 heterocycles. The molecule has 0 aromatic carbocycles. The van der Waals surface area contributed by atoms with Gasteiger partial charge in [0.1, 0.15) is 0 Å². The van der Waals surface area contributed by atoms with E-state index in [1.54, 1.807) is 0 Å². The van der Waals surface area contributed by atoms with Gasteiger partial charge < -0.3 is 10.1 Å². The van der Waals surface area contributed by atoms with Crippen molar-refractivity contribution in [3.8, 4) is 0 Å².